The molecular formula is C24H40NO2S+. The Labute approximate surface area is 178 Å². The van der Waals surface area contributed by atoms with Gasteiger partial charge >= 0.3 is 0 Å². The summed E-state index contributed by atoms with van der Waals surface area (Å²) in [5.74, 6) is 0.686. The van der Waals surface area contributed by atoms with E-state index >= 15 is 0 Å². The molecule has 0 N–H and O–H groups in total. The summed E-state index contributed by atoms with van der Waals surface area (Å²) in [5.41, 5.74) is 2.75. The number of fused-ring (bicyclic) bond motifs is 1. The molecule has 1 aliphatic rings. The molecule has 0 aliphatic carbocycles. The molecule has 4 heteroatoms. The van der Waals surface area contributed by atoms with Crippen LogP contribution in [0.2, 0.25) is 0 Å². The number of hydrogen-bond acceptors (Lipinski definition) is 3. The first-order valence-corrected chi connectivity index (χ1v) is 11.7. The Morgan fingerprint density at radius 2 is 1.79 bits per heavy atom. The Hall–Kier alpha value is -0.840. The van der Waals surface area contributed by atoms with Gasteiger partial charge in [-0.25, -0.2) is 4.58 Å². The second-order valence-electron chi connectivity index (χ2n) is 8.20. The smallest absolute Gasteiger partial charge is 0.172 e. The van der Waals surface area contributed by atoms with Crippen molar-refractivity contribution in [2.24, 2.45) is 5.92 Å². The Morgan fingerprint density at radius 1 is 1.00 bits per heavy atom. The van der Waals surface area contributed by atoms with Gasteiger partial charge < -0.3 is 8.92 Å². The molecular weight excluding hydrogens is 366 g/mol. The van der Waals surface area contributed by atoms with Crippen molar-refractivity contribution in [2.45, 2.75) is 77.7 Å². The number of hydrogen-bond donors (Lipinski definition) is 1. The molecule has 1 aromatic carbocycles. The molecule has 158 valence electrons. The molecule has 0 saturated heterocycles. The predicted octanol–water partition coefficient (Wildman–Crippen LogP) is 5.70. The van der Waals surface area contributed by atoms with E-state index in [2.05, 4.69) is 61.8 Å². The van der Waals surface area contributed by atoms with Crippen LogP contribution in [-0.2, 0) is 15.3 Å². The van der Waals surface area contributed by atoms with Crippen LogP contribution >= 0.6 is 12.9 Å². The van der Waals surface area contributed by atoms with Gasteiger partial charge in [0.05, 0.1) is 6.61 Å². The van der Waals surface area contributed by atoms with Gasteiger partial charge in [-0.1, -0.05) is 70.6 Å². The summed E-state index contributed by atoms with van der Waals surface area (Å²) >= 11 is 4.11. The first kappa shape index (κ1) is 23.4. The first-order chi connectivity index (χ1) is 13.8. The van der Waals surface area contributed by atoms with E-state index in [4.69, 9.17) is 8.92 Å². The number of ether oxygens (including phenoxy) is 1. The number of rotatable bonds is 15. The van der Waals surface area contributed by atoms with Gasteiger partial charge in [0.1, 0.15) is 6.54 Å². The van der Waals surface area contributed by atoms with E-state index in [1.807, 2.05) is 0 Å². The predicted molar refractivity (Wildman–Crippen MR) is 122 cm³/mol. The van der Waals surface area contributed by atoms with E-state index in [0.29, 0.717) is 12.5 Å². The lowest BCUT2D eigenvalue weighted by atomic mass is 9.96. The minimum absolute atomic E-state index is 0.00300. The lowest BCUT2D eigenvalue weighted by molar-refractivity contribution is -0.532. The molecule has 1 aromatic rings. The van der Waals surface area contributed by atoms with Crippen molar-refractivity contribution < 1.29 is 13.5 Å². The van der Waals surface area contributed by atoms with Crippen molar-refractivity contribution in [3.63, 3.8) is 0 Å². The van der Waals surface area contributed by atoms with E-state index in [0.717, 1.165) is 26.1 Å². The van der Waals surface area contributed by atoms with E-state index in [9.17, 15) is 0 Å². The highest BCUT2D eigenvalue weighted by Gasteiger charge is 2.21. The van der Waals surface area contributed by atoms with Crippen molar-refractivity contribution in [3.05, 3.63) is 35.4 Å². The summed E-state index contributed by atoms with van der Waals surface area (Å²) in [4.78, 5) is 0. The molecule has 2 unspecified atom stereocenters. The van der Waals surface area contributed by atoms with Gasteiger partial charge in [0.2, 0.25) is 0 Å². The van der Waals surface area contributed by atoms with E-state index in [1.165, 1.54) is 62.5 Å². The minimum Gasteiger partial charge on any atom is -0.378 e. The molecule has 3 nitrogen and oxygen atoms in total. The van der Waals surface area contributed by atoms with Crippen molar-refractivity contribution >= 4 is 19.1 Å². The maximum Gasteiger partial charge on any atom is 0.172 e. The van der Waals surface area contributed by atoms with Crippen LogP contribution in [0.1, 0.15) is 76.3 Å². The molecule has 0 bridgehead atoms. The molecule has 2 atom stereocenters. The maximum absolute atomic E-state index is 6.10. The van der Waals surface area contributed by atoms with E-state index in [1.54, 1.807) is 0 Å². The lowest BCUT2D eigenvalue weighted by Gasteiger charge is -2.20. The Kier molecular flexibility index (Phi) is 11.9. The Morgan fingerprint density at radius 3 is 2.57 bits per heavy atom. The van der Waals surface area contributed by atoms with Crippen LogP contribution in [0.5, 0.6) is 0 Å². The summed E-state index contributed by atoms with van der Waals surface area (Å²) in [6.07, 6.45) is 13.8. The zero-order valence-electron chi connectivity index (χ0n) is 17.9. The molecule has 0 fully saturated rings. The molecule has 28 heavy (non-hydrogen) atoms. The zero-order valence-corrected chi connectivity index (χ0v) is 18.8. The van der Waals surface area contributed by atoms with Crippen molar-refractivity contribution in [1.82, 2.24) is 0 Å². The Bertz CT molecular complexity index is 575. The molecule has 0 spiro atoms. The normalized spacial score (nSPS) is 15.8. The standard InChI is InChI=1S/C24H39NO2S/c1-3-5-7-8-12-21(11-6-4-2)19-26-20-24(27-28)18-25-16-15-22-13-9-10-14-23(22)17-25/h9-10,13-14,17,21,24H,3-8,11-12,15-16,18-20H2,1-2H3/p+1. The highest BCUT2D eigenvalue weighted by atomic mass is 32.1. The third kappa shape index (κ3) is 8.67. The monoisotopic (exact) mass is 406 g/mol. The molecule has 2 rings (SSSR count). The molecule has 0 amide bonds. The van der Waals surface area contributed by atoms with Gasteiger partial charge in [-0.15, -0.1) is 0 Å². The van der Waals surface area contributed by atoms with Gasteiger partial charge in [-0.2, -0.15) is 0 Å². The van der Waals surface area contributed by atoms with Crippen LogP contribution in [0.25, 0.3) is 0 Å². The van der Waals surface area contributed by atoms with E-state index in [-0.39, 0.29) is 6.10 Å². The fourth-order valence-electron chi connectivity index (χ4n) is 3.96. The number of nitrogens with zero attached hydrogens (tertiary/aromatic N) is 1. The average molecular weight is 407 g/mol. The SMILES string of the molecule is CCCCCCC(CCCC)COCC(C[N+]1=Cc2ccccc2CC1)OS. The number of unbranched alkanes of at least 4 members (excludes halogenated alkanes) is 4. The largest absolute Gasteiger partial charge is 0.378 e. The van der Waals surface area contributed by atoms with Gasteiger partial charge in [0.25, 0.3) is 0 Å². The summed E-state index contributed by atoms with van der Waals surface area (Å²) in [6, 6.07) is 8.62. The summed E-state index contributed by atoms with van der Waals surface area (Å²) in [6.45, 7) is 7.87. The molecule has 0 aromatic heterocycles. The zero-order chi connectivity index (χ0) is 20.0. The molecule has 1 heterocycles. The molecule has 0 saturated carbocycles. The lowest BCUT2D eigenvalue weighted by Crippen LogP contribution is -2.33. The third-order valence-electron chi connectivity index (χ3n) is 5.72. The summed E-state index contributed by atoms with van der Waals surface area (Å²) < 4.78 is 13.9. The quantitative estimate of drug-likeness (QED) is 0.175. The second kappa shape index (κ2) is 14.2. The van der Waals surface area contributed by atoms with Crippen LogP contribution in [0.4, 0.5) is 0 Å². The van der Waals surface area contributed by atoms with Crippen LogP contribution in [0.15, 0.2) is 24.3 Å². The average Bonchev–Trinajstić information content (AvgIpc) is 2.73. The van der Waals surface area contributed by atoms with Crippen LogP contribution in [0.3, 0.4) is 0 Å². The minimum atomic E-state index is -0.00300. The molecule has 1 aliphatic heterocycles. The van der Waals surface area contributed by atoms with Crippen LogP contribution in [0, 0.1) is 5.92 Å². The van der Waals surface area contributed by atoms with Gasteiger partial charge in [-0.3, -0.25) is 0 Å². The van der Waals surface area contributed by atoms with E-state index < -0.39 is 0 Å². The number of thiol groups is 1. The molecule has 0 radical (unpaired) electrons. The first-order valence-electron chi connectivity index (χ1n) is 11.3. The van der Waals surface area contributed by atoms with Gasteiger partial charge in [0.15, 0.2) is 18.9 Å². The van der Waals surface area contributed by atoms with Crippen molar-refractivity contribution in [3.8, 4) is 0 Å². The summed E-state index contributed by atoms with van der Waals surface area (Å²) in [5, 5.41) is 0. The van der Waals surface area contributed by atoms with Gasteiger partial charge in [-0.05, 0) is 43.3 Å². The van der Waals surface area contributed by atoms with Crippen molar-refractivity contribution in [1.29, 1.82) is 0 Å². The highest BCUT2D eigenvalue weighted by Crippen LogP contribution is 2.18. The maximum atomic E-state index is 6.10. The third-order valence-corrected chi connectivity index (χ3v) is 6.02. The highest BCUT2D eigenvalue weighted by molar-refractivity contribution is 7.75. The fourth-order valence-corrected chi connectivity index (χ4v) is 4.09. The second-order valence-corrected chi connectivity index (χ2v) is 8.41. The fraction of sp³-hybridized carbons (Fsp3) is 0.708. The summed E-state index contributed by atoms with van der Waals surface area (Å²) in [7, 11) is 0. The van der Waals surface area contributed by atoms with Crippen LogP contribution < -0.4 is 0 Å². The Balaban J connectivity index is 1.76. The van der Waals surface area contributed by atoms with Crippen LogP contribution in [-0.4, -0.2) is 43.2 Å². The number of benzene rings is 1. The topological polar surface area (TPSA) is 21.5 Å². The van der Waals surface area contributed by atoms with Gasteiger partial charge in [0, 0.05) is 18.6 Å². The van der Waals surface area contributed by atoms with Crippen molar-refractivity contribution in [2.75, 3.05) is 26.3 Å².